The van der Waals surface area contributed by atoms with Gasteiger partial charge in [-0.15, -0.1) is 0 Å². The number of nitrogens with one attached hydrogen (secondary N) is 1. The fourth-order valence-corrected chi connectivity index (χ4v) is 5.36. The molecule has 186 valence electrons. The number of allylic oxidation sites excluding steroid dienone is 1. The quantitative estimate of drug-likeness (QED) is 0.538. The minimum atomic E-state index is -0.398. The van der Waals surface area contributed by atoms with Crippen LogP contribution in [0.5, 0.6) is 11.5 Å². The fourth-order valence-electron chi connectivity index (χ4n) is 5.05. The molecule has 6 rings (SSSR count). The van der Waals surface area contributed by atoms with Gasteiger partial charge in [-0.05, 0) is 42.3 Å². The summed E-state index contributed by atoms with van der Waals surface area (Å²) in [5, 5.41) is 8.77. The highest BCUT2D eigenvalue weighted by Crippen LogP contribution is 2.38. The van der Waals surface area contributed by atoms with Crippen LogP contribution in [0.1, 0.15) is 24.1 Å². The van der Waals surface area contributed by atoms with E-state index in [-0.39, 0.29) is 12.7 Å². The lowest BCUT2D eigenvalue weighted by Crippen LogP contribution is -2.49. The lowest BCUT2D eigenvalue weighted by molar-refractivity contribution is -0.129. The molecule has 4 heterocycles. The maximum Gasteiger partial charge on any atom is 0.254 e. The Morgan fingerprint density at radius 3 is 2.64 bits per heavy atom. The zero-order chi connectivity index (χ0) is 24.8. The van der Waals surface area contributed by atoms with Gasteiger partial charge in [0, 0.05) is 44.5 Å². The molecule has 10 heteroatoms. The second-order valence-electron chi connectivity index (χ2n) is 9.16. The van der Waals surface area contributed by atoms with Crippen LogP contribution in [-0.2, 0) is 11.3 Å². The molecule has 36 heavy (non-hydrogen) atoms. The summed E-state index contributed by atoms with van der Waals surface area (Å²) in [4.78, 5) is 18.2. The van der Waals surface area contributed by atoms with Gasteiger partial charge >= 0.3 is 0 Å². The van der Waals surface area contributed by atoms with Gasteiger partial charge in [0.15, 0.2) is 11.5 Å². The summed E-state index contributed by atoms with van der Waals surface area (Å²) in [5.74, 6) is 2.41. The predicted molar refractivity (Wildman–Crippen MR) is 138 cm³/mol. The molecular weight excluding hydrogens is 501 g/mol. The van der Waals surface area contributed by atoms with Gasteiger partial charge in [0.25, 0.3) is 5.91 Å². The first-order valence-electron chi connectivity index (χ1n) is 11.8. The molecular formula is C26H25Cl2N5O3. The van der Waals surface area contributed by atoms with Crippen LogP contribution in [0.15, 0.2) is 59.9 Å². The average Bonchev–Trinajstić information content (AvgIpc) is 3.54. The first-order valence-corrected chi connectivity index (χ1v) is 12.6. The molecule has 8 nitrogen and oxygen atoms in total. The van der Waals surface area contributed by atoms with E-state index in [1.54, 1.807) is 12.3 Å². The Morgan fingerprint density at radius 1 is 1.03 bits per heavy atom. The lowest BCUT2D eigenvalue weighted by Gasteiger charge is -2.38. The number of fused-ring (bicyclic) bond motifs is 2. The van der Waals surface area contributed by atoms with Gasteiger partial charge < -0.3 is 19.7 Å². The maximum absolute atomic E-state index is 13.9. The number of rotatable bonds is 4. The van der Waals surface area contributed by atoms with Crippen molar-refractivity contribution in [3.63, 3.8) is 0 Å². The zero-order valence-electron chi connectivity index (χ0n) is 19.7. The molecule has 3 aliphatic heterocycles. The number of aromatic nitrogens is 2. The third kappa shape index (κ3) is 4.19. The standard InChI is InChI=1S/C26H25Cl2N5O3/c1-16-24(25(33-23(30-16)6-7-29-33)18-3-4-19(27)20(28)13-18)26(34)32-10-8-31(9-11-32)14-17-2-5-21-22(12-17)36-15-35-21/h2-7,12-13,25,30H,8-11,14-15H2,1H3. The van der Waals surface area contributed by atoms with E-state index in [9.17, 15) is 4.79 Å². The number of hydrogen-bond donors (Lipinski definition) is 1. The third-order valence-corrected chi connectivity index (χ3v) is 7.64. The molecule has 1 N–H and O–H groups in total. The van der Waals surface area contributed by atoms with Gasteiger partial charge in [-0.2, -0.15) is 5.10 Å². The van der Waals surface area contributed by atoms with Crippen molar-refractivity contribution in [2.75, 3.05) is 38.3 Å². The molecule has 0 spiro atoms. The molecule has 0 radical (unpaired) electrons. The van der Waals surface area contributed by atoms with Crippen LogP contribution in [0.4, 0.5) is 5.82 Å². The normalized spacial score (nSPS) is 19.3. The molecule has 0 saturated carbocycles. The molecule has 1 atom stereocenters. The highest BCUT2D eigenvalue weighted by Gasteiger charge is 2.36. The Labute approximate surface area is 219 Å². The number of benzene rings is 2. The van der Waals surface area contributed by atoms with Crippen LogP contribution in [0.25, 0.3) is 0 Å². The van der Waals surface area contributed by atoms with Crippen molar-refractivity contribution in [3.8, 4) is 11.5 Å². The smallest absolute Gasteiger partial charge is 0.254 e. The van der Waals surface area contributed by atoms with E-state index in [4.69, 9.17) is 32.7 Å². The first kappa shape index (κ1) is 23.2. The molecule has 3 aromatic rings. The molecule has 0 bridgehead atoms. The minimum absolute atomic E-state index is 0.0000445. The second-order valence-corrected chi connectivity index (χ2v) is 9.97. The lowest BCUT2D eigenvalue weighted by atomic mass is 9.94. The number of carbonyl (C=O) groups excluding carboxylic acids is 1. The molecule has 1 aromatic heterocycles. The number of nitrogens with zero attached hydrogens (tertiary/aromatic N) is 4. The van der Waals surface area contributed by atoms with Crippen molar-refractivity contribution < 1.29 is 14.3 Å². The predicted octanol–water partition coefficient (Wildman–Crippen LogP) is 4.55. The van der Waals surface area contributed by atoms with Crippen LogP contribution in [-0.4, -0.2) is 58.5 Å². The van der Waals surface area contributed by atoms with E-state index in [2.05, 4.69) is 21.4 Å². The molecule has 1 saturated heterocycles. The number of carbonyl (C=O) groups is 1. The summed E-state index contributed by atoms with van der Waals surface area (Å²) in [6.45, 7) is 5.84. The van der Waals surface area contributed by atoms with Gasteiger partial charge in [-0.25, -0.2) is 4.68 Å². The Kier molecular flexibility index (Phi) is 6.03. The molecule has 0 aliphatic carbocycles. The minimum Gasteiger partial charge on any atom is -0.454 e. The van der Waals surface area contributed by atoms with E-state index in [1.165, 1.54) is 5.56 Å². The highest BCUT2D eigenvalue weighted by molar-refractivity contribution is 6.42. The van der Waals surface area contributed by atoms with E-state index in [0.717, 1.165) is 48.2 Å². The highest BCUT2D eigenvalue weighted by atomic mass is 35.5. The van der Waals surface area contributed by atoms with Crippen molar-refractivity contribution in [2.24, 2.45) is 0 Å². The van der Waals surface area contributed by atoms with Gasteiger partial charge in [-0.1, -0.05) is 35.3 Å². The maximum atomic E-state index is 13.9. The SMILES string of the molecule is CC1=C(C(=O)N2CCN(Cc3ccc4c(c3)OCO4)CC2)C(c2ccc(Cl)c(Cl)c2)n2nccc2N1. The van der Waals surface area contributed by atoms with Crippen LogP contribution in [0, 0.1) is 0 Å². The van der Waals surface area contributed by atoms with Gasteiger partial charge in [-0.3, -0.25) is 9.69 Å². The van der Waals surface area contributed by atoms with E-state index in [1.807, 2.05) is 46.8 Å². The Bertz CT molecular complexity index is 1360. The Morgan fingerprint density at radius 2 is 1.83 bits per heavy atom. The molecule has 1 amide bonds. The Balaban J connectivity index is 1.20. The average molecular weight is 526 g/mol. The summed E-state index contributed by atoms with van der Waals surface area (Å²) in [6, 6.07) is 13.0. The largest absolute Gasteiger partial charge is 0.454 e. The van der Waals surface area contributed by atoms with Gasteiger partial charge in [0.1, 0.15) is 11.9 Å². The van der Waals surface area contributed by atoms with Crippen LogP contribution in [0.2, 0.25) is 10.0 Å². The van der Waals surface area contributed by atoms with Crippen LogP contribution in [0.3, 0.4) is 0 Å². The molecule has 2 aromatic carbocycles. The van der Waals surface area contributed by atoms with Crippen molar-refractivity contribution >= 4 is 34.9 Å². The molecule has 3 aliphatic rings. The van der Waals surface area contributed by atoms with E-state index in [0.29, 0.717) is 28.7 Å². The number of hydrogen-bond acceptors (Lipinski definition) is 6. The van der Waals surface area contributed by atoms with Crippen LogP contribution < -0.4 is 14.8 Å². The van der Waals surface area contributed by atoms with Gasteiger partial charge in [0.05, 0.1) is 21.8 Å². The third-order valence-electron chi connectivity index (χ3n) is 6.90. The monoisotopic (exact) mass is 525 g/mol. The van der Waals surface area contributed by atoms with Crippen molar-refractivity contribution in [2.45, 2.75) is 19.5 Å². The summed E-state index contributed by atoms with van der Waals surface area (Å²) in [6.07, 6.45) is 1.72. The topological polar surface area (TPSA) is 71.9 Å². The van der Waals surface area contributed by atoms with Crippen molar-refractivity contribution in [1.29, 1.82) is 0 Å². The zero-order valence-corrected chi connectivity index (χ0v) is 21.2. The molecule has 1 fully saturated rings. The Hall–Kier alpha value is -3.20. The summed E-state index contributed by atoms with van der Waals surface area (Å²) < 4.78 is 12.7. The summed E-state index contributed by atoms with van der Waals surface area (Å²) in [7, 11) is 0. The number of amides is 1. The second kappa shape index (κ2) is 9.35. The number of anilines is 1. The number of halogens is 2. The molecule has 1 unspecified atom stereocenters. The summed E-state index contributed by atoms with van der Waals surface area (Å²) >= 11 is 12.5. The van der Waals surface area contributed by atoms with E-state index < -0.39 is 6.04 Å². The summed E-state index contributed by atoms with van der Waals surface area (Å²) in [5.41, 5.74) is 3.50. The fraction of sp³-hybridized carbons (Fsp3) is 0.308. The van der Waals surface area contributed by atoms with E-state index >= 15 is 0 Å². The number of ether oxygens (including phenoxy) is 2. The van der Waals surface area contributed by atoms with Crippen LogP contribution >= 0.6 is 23.2 Å². The van der Waals surface area contributed by atoms with Crippen molar-refractivity contribution in [3.05, 3.63) is 81.1 Å². The number of piperazine rings is 1. The first-order chi connectivity index (χ1) is 17.5. The van der Waals surface area contributed by atoms with Gasteiger partial charge in [0.2, 0.25) is 6.79 Å². The van der Waals surface area contributed by atoms with Crippen molar-refractivity contribution in [1.82, 2.24) is 19.6 Å².